The molecule has 4 aromatic carbocycles. The minimum absolute atomic E-state index is 0.236. The summed E-state index contributed by atoms with van der Waals surface area (Å²) in [6.45, 7) is 26.4. The molecular weight excluding hydrogens is 508 g/mol. The van der Waals surface area contributed by atoms with Gasteiger partial charge in [0.25, 0.3) is 0 Å². The Morgan fingerprint density at radius 3 is 1.07 bits per heavy atom. The highest BCUT2D eigenvalue weighted by molar-refractivity contribution is 6.41. The molecule has 2 atom stereocenters. The summed E-state index contributed by atoms with van der Waals surface area (Å²) < 4.78 is 0. The standard InChI is InChI=1S/C40H48N2/c1-23-13-15-37(35(21-23)31(9)39-27(5)17-25(3)18-28(39)6)41-33(11)34(12)42-38-16-14-24(2)22-36(38)32(10)40-29(7)19-26(4)20-30(40)8/h13-22,31-32H,1-12H3. The van der Waals surface area contributed by atoms with Gasteiger partial charge in [0.05, 0.1) is 22.8 Å². The van der Waals surface area contributed by atoms with Crippen LogP contribution in [0.5, 0.6) is 0 Å². The maximum Gasteiger partial charge on any atom is 0.0671 e. The van der Waals surface area contributed by atoms with E-state index >= 15 is 0 Å². The van der Waals surface area contributed by atoms with Gasteiger partial charge in [-0.05, 0) is 126 Å². The maximum atomic E-state index is 5.19. The van der Waals surface area contributed by atoms with Gasteiger partial charge in [0.15, 0.2) is 0 Å². The summed E-state index contributed by atoms with van der Waals surface area (Å²) in [5, 5.41) is 0. The van der Waals surface area contributed by atoms with Crippen molar-refractivity contribution in [3.05, 3.63) is 127 Å². The predicted molar refractivity (Wildman–Crippen MR) is 184 cm³/mol. The van der Waals surface area contributed by atoms with Crippen molar-refractivity contribution in [2.75, 3.05) is 0 Å². The summed E-state index contributed by atoms with van der Waals surface area (Å²) in [4.78, 5) is 10.4. The lowest BCUT2D eigenvalue weighted by atomic mass is 9.84. The van der Waals surface area contributed by atoms with Crippen molar-refractivity contribution in [2.24, 2.45) is 9.98 Å². The molecule has 0 aliphatic rings. The second kappa shape index (κ2) is 12.6. The predicted octanol–water partition coefficient (Wildman–Crippen LogP) is 11.3. The molecule has 0 radical (unpaired) electrons. The summed E-state index contributed by atoms with van der Waals surface area (Å²) in [6.07, 6.45) is 0. The largest absolute Gasteiger partial charge is 0.252 e. The van der Waals surface area contributed by atoms with E-state index in [0.717, 1.165) is 22.8 Å². The van der Waals surface area contributed by atoms with Crippen molar-refractivity contribution < 1.29 is 0 Å². The average Bonchev–Trinajstić information content (AvgIpc) is 2.89. The molecule has 4 aromatic rings. The molecule has 0 amide bonds. The number of aliphatic imine (C=N–C) groups is 2. The molecule has 0 saturated carbocycles. The molecule has 4 rings (SSSR count). The second-order valence-electron chi connectivity index (χ2n) is 12.6. The summed E-state index contributed by atoms with van der Waals surface area (Å²) >= 11 is 0. The Balaban J connectivity index is 1.76. The minimum Gasteiger partial charge on any atom is -0.252 e. The number of aryl methyl sites for hydroxylation is 8. The van der Waals surface area contributed by atoms with E-state index in [-0.39, 0.29) is 11.8 Å². The highest BCUT2D eigenvalue weighted by Gasteiger charge is 2.20. The van der Waals surface area contributed by atoms with Gasteiger partial charge in [-0.3, -0.25) is 9.98 Å². The number of hydrogen-bond acceptors (Lipinski definition) is 2. The van der Waals surface area contributed by atoms with Gasteiger partial charge in [-0.25, -0.2) is 0 Å². The van der Waals surface area contributed by atoms with Gasteiger partial charge < -0.3 is 0 Å². The van der Waals surface area contributed by atoms with Crippen LogP contribution in [0.3, 0.4) is 0 Å². The number of nitrogens with zero attached hydrogens (tertiary/aromatic N) is 2. The van der Waals surface area contributed by atoms with Crippen molar-refractivity contribution in [1.82, 2.24) is 0 Å². The van der Waals surface area contributed by atoms with Crippen molar-refractivity contribution >= 4 is 22.8 Å². The summed E-state index contributed by atoms with van der Waals surface area (Å²) in [5.41, 5.74) is 19.7. The molecular formula is C40H48N2. The number of rotatable bonds is 7. The molecule has 0 aliphatic heterocycles. The van der Waals surface area contributed by atoms with E-state index in [0.29, 0.717) is 0 Å². The fourth-order valence-electron chi connectivity index (χ4n) is 6.83. The van der Waals surface area contributed by atoms with Gasteiger partial charge in [0, 0.05) is 11.8 Å². The van der Waals surface area contributed by atoms with Gasteiger partial charge in [-0.2, -0.15) is 0 Å². The first-order valence-electron chi connectivity index (χ1n) is 15.2. The van der Waals surface area contributed by atoms with Crippen LogP contribution in [0.4, 0.5) is 11.4 Å². The zero-order valence-corrected chi connectivity index (χ0v) is 27.8. The smallest absolute Gasteiger partial charge is 0.0671 e. The van der Waals surface area contributed by atoms with Crippen molar-refractivity contribution in [1.29, 1.82) is 0 Å². The van der Waals surface area contributed by atoms with E-state index in [2.05, 4.69) is 144 Å². The zero-order chi connectivity index (χ0) is 30.9. The third-order valence-electron chi connectivity index (χ3n) is 8.74. The molecule has 0 aliphatic carbocycles. The first-order chi connectivity index (χ1) is 19.8. The Kier molecular flexibility index (Phi) is 9.36. The highest BCUT2D eigenvalue weighted by atomic mass is 14.8. The quantitative estimate of drug-likeness (QED) is 0.202. The molecule has 0 saturated heterocycles. The van der Waals surface area contributed by atoms with Crippen molar-refractivity contribution in [2.45, 2.75) is 94.9 Å². The minimum atomic E-state index is 0.236. The Morgan fingerprint density at radius 2 is 0.762 bits per heavy atom. The maximum absolute atomic E-state index is 5.19. The van der Waals surface area contributed by atoms with E-state index in [1.54, 1.807) is 0 Å². The van der Waals surface area contributed by atoms with E-state index in [4.69, 9.17) is 9.98 Å². The number of benzene rings is 4. The Morgan fingerprint density at radius 1 is 0.452 bits per heavy atom. The zero-order valence-electron chi connectivity index (χ0n) is 27.8. The highest BCUT2D eigenvalue weighted by Crippen LogP contribution is 2.38. The van der Waals surface area contributed by atoms with Crippen LogP contribution >= 0.6 is 0 Å². The molecule has 0 bridgehead atoms. The molecule has 0 aromatic heterocycles. The van der Waals surface area contributed by atoms with Crippen LogP contribution in [0, 0.1) is 55.4 Å². The van der Waals surface area contributed by atoms with Crippen LogP contribution in [-0.4, -0.2) is 11.4 Å². The fourth-order valence-corrected chi connectivity index (χ4v) is 6.83. The second-order valence-corrected chi connectivity index (χ2v) is 12.6. The van der Waals surface area contributed by atoms with Crippen molar-refractivity contribution in [3.63, 3.8) is 0 Å². The van der Waals surface area contributed by atoms with Gasteiger partial charge in [-0.1, -0.05) is 84.6 Å². The third-order valence-corrected chi connectivity index (χ3v) is 8.74. The van der Waals surface area contributed by atoms with Gasteiger partial charge in [-0.15, -0.1) is 0 Å². The van der Waals surface area contributed by atoms with Crippen LogP contribution in [0.25, 0.3) is 0 Å². The van der Waals surface area contributed by atoms with Crippen LogP contribution in [-0.2, 0) is 0 Å². The molecule has 0 spiro atoms. The van der Waals surface area contributed by atoms with E-state index in [9.17, 15) is 0 Å². The van der Waals surface area contributed by atoms with Crippen LogP contribution in [0.2, 0.25) is 0 Å². The van der Waals surface area contributed by atoms with Gasteiger partial charge in [0.2, 0.25) is 0 Å². The van der Waals surface area contributed by atoms with Gasteiger partial charge in [0.1, 0.15) is 0 Å². The summed E-state index contributed by atoms with van der Waals surface area (Å²) in [5.74, 6) is 0.472. The van der Waals surface area contributed by atoms with Crippen LogP contribution < -0.4 is 0 Å². The lowest BCUT2D eigenvalue weighted by Crippen LogP contribution is -2.08. The van der Waals surface area contributed by atoms with Crippen LogP contribution in [0.15, 0.2) is 70.6 Å². The van der Waals surface area contributed by atoms with Crippen LogP contribution in [0.1, 0.15) is 106 Å². The Hall–Kier alpha value is -3.78. The topological polar surface area (TPSA) is 24.7 Å². The van der Waals surface area contributed by atoms with Crippen molar-refractivity contribution in [3.8, 4) is 0 Å². The molecule has 2 heteroatoms. The SMILES string of the molecule is CC(=Nc1ccc(C)cc1C(C)c1c(C)cc(C)cc1C)C(C)=Nc1ccc(C)cc1C(C)c1c(C)cc(C)cc1C. The Labute approximate surface area is 254 Å². The molecule has 2 unspecified atom stereocenters. The lowest BCUT2D eigenvalue weighted by molar-refractivity contribution is 0.893. The van der Waals surface area contributed by atoms with E-state index < -0.39 is 0 Å². The first kappa shape index (κ1) is 31.2. The average molecular weight is 557 g/mol. The molecule has 0 fully saturated rings. The summed E-state index contributed by atoms with van der Waals surface area (Å²) in [7, 11) is 0. The lowest BCUT2D eigenvalue weighted by Gasteiger charge is -2.22. The third kappa shape index (κ3) is 6.65. The summed E-state index contributed by atoms with van der Waals surface area (Å²) in [6, 6.07) is 22.4. The Bertz CT molecular complexity index is 1530. The number of hydrogen-bond donors (Lipinski definition) is 0. The van der Waals surface area contributed by atoms with Gasteiger partial charge >= 0.3 is 0 Å². The van der Waals surface area contributed by atoms with E-state index in [1.807, 2.05) is 0 Å². The molecule has 42 heavy (non-hydrogen) atoms. The molecule has 2 nitrogen and oxygen atoms in total. The molecule has 0 heterocycles. The monoisotopic (exact) mass is 556 g/mol. The molecule has 218 valence electrons. The first-order valence-corrected chi connectivity index (χ1v) is 15.2. The molecule has 0 N–H and O–H groups in total. The van der Waals surface area contributed by atoms with E-state index in [1.165, 1.54) is 66.8 Å². The fraction of sp³-hybridized carbons (Fsp3) is 0.350. The normalized spacial score (nSPS) is 13.8.